The molecule has 2 aliphatic rings. The second kappa shape index (κ2) is 53.8. The normalized spacial score (nSPS) is 13.5. The molecule has 1 unspecified atom stereocenters. The van der Waals surface area contributed by atoms with E-state index in [1.807, 2.05) is 55.4 Å². The molecule has 2 fully saturated rings. The number of rotatable bonds is 11. The van der Waals surface area contributed by atoms with E-state index in [1.165, 1.54) is 48.1 Å². The van der Waals surface area contributed by atoms with Gasteiger partial charge in [-0.3, -0.25) is 4.79 Å². The third-order valence-corrected chi connectivity index (χ3v) is 12.1. The SMILES string of the molecule is C=CC(=O)O.CC.CC.CC.CC.CCC(C)c1ccc(C)cc1.CCCP(C1CCCCC1)C1CCCCC1.CN(C)CCN(C)C.[CH2-]CC(=O)O.[Ni+3]. The zero-order valence-corrected chi connectivity index (χ0v) is 40.6. The monoisotopic (exact) mass is 828 g/mol. The predicted octanol–water partition coefficient (Wildman–Crippen LogP) is 13.8. The summed E-state index contributed by atoms with van der Waals surface area (Å²) in [7, 11) is 8.75. The van der Waals surface area contributed by atoms with Crippen LogP contribution in [0.15, 0.2) is 36.9 Å². The number of hydrogen-bond donors (Lipinski definition) is 2. The minimum absolute atomic E-state index is 0. The minimum atomic E-state index is -0.981. The van der Waals surface area contributed by atoms with E-state index in [-0.39, 0.29) is 22.9 Å². The standard InChI is InChI=1S/C15H29P.C11H16.C6H16N2.C3H5O2.C3H4O2.4C2H6.Ni/c1-2-13-16(14-9-5-3-6-10-14)15-11-7-4-8-12-15;1-4-10(3)11-7-5-9(2)6-8-11;1-7(2)5-6-8(3)4;2*1-2-3(4)5;4*1-2;/h14-15H,2-13H2,1H3;5-8,10H,4H2,1-3H3;5-6H2,1-4H3;1-2H2,(H,4,5);2H,1H2,(H,4,5);4*1-2H3;/q;;;-1;;;;;;+3. The average molecular weight is 829 g/mol. The minimum Gasteiger partial charge on any atom is -0.483 e. The molecule has 2 N–H and O–H groups in total. The van der Waals surface area contributed by atoms with E-state index in [1.54, 1.807) is 57.5 Å². The van der Waals surface area contributed by atoms with Gasteiger partial charge in [0.2, 0.25) is 0 Å². The molecule has 1 aromatic carbocycles. The van der Waals surface area contributed by atoms with Crippen LogP contribution in [0, 0.1) is 13.8 Å². The van der Waals surface area contributed by atoms with Crippen molar-refractivity contribution in [3.63, 3.8) is 0 Å². The summed E-state index contributed by atoms with van der Waals surface area (Å²) in [4.78, 5) is 22.9. The Hall–Kier alpha value is -1.26. The van der Waals surface area contributed by atoms with Crippen molar-refractivity contribution in [1.29, 1.82) is 0 Å². The maximum Gasteiger partial charge on any atom is 3.00 e. The number of aryl methyl sites for hydroxylation is 1. The van der Waals surface area contributed by atoms with Crippen LogP contribution in [0.25, 0.3) is 0 Å². The van der Waals surface area contributed by atoms with Gasteiger partial charge in [0.1, 0.15) is 0 Å². The van der Waals surface area contributed by atoms with Gasteiger partial charge in [-0.05, 0) is 96.2 Å². The van der Waals surface area contributed by atoms with Crippen LogP contribution >= 0.6 is 7.92 Å². The van der Waals surface area contributed by atoms with E-state index in [0.29, 0.717) is 13.8 Å². The molecule has 0 spiro atoms. The van der Waals surface area contributed by atoms with E-state index in [2.05, 4.69) is 103 Å². The van der Waals surface area contributed by atoms with Gasteiger partial charge in [0, 0.05) is 19.2 Å². The molecular formula is C46H94N2NiO4P+2. The van der Waals surface area contributed by atoms with Crippen LogP contribution in [-0.2, 0) is 26.1 Å². The number of carboxylic acid groups (broad SMARTS) is 2. The molecule has 0 amide bonds. The van der Waals surface area contributed by atoms with Crippen molar-refractivity contribution in [2.24, 2.45) is 0 Å². The number of benzene rings is 1. The van der Waals surface area contributed by atoms with Gasteiger partial charge in [-0.2, -0.15) is 0 Å². The van der Waals surface area contributed by atoms with E-state index >= 15 is 0 Å². The summed E-state index contributed by atoms with van der Waals surface area (Å²) < 4.78 is 0. The van der Waals surface area contributed by atoms with Crippen LogP contribution in [0.5, 0.6) is 0 Å². The van der Waals surface area contributed by atoms with Crippen LogP contribution in [0.4, 0.5) is 0 Å². The molecule has 6 nitrogen and oxygen atoms in total. The molecule has 8 heteroatoms. The second-order valence-corrected chi connectivity index (χ2v) is 15.8. The number of carbonyl (C=O) groups is 2. The van der Waals surface area contributed by atoms with Crippen molar-refractivity contribution >= 4 is 19.9 Å². The number of likely N-dealkylation sites (N-methyl/N-ethyl adjacent to an activating group) is 2. The fraction of sp³-hybridized carbons (Fsp3) is 0.761. The topological polar surface area (TPSA) is 81.1 Å². The van der Waals surface area contributed by atoms with Gasteiger partial charge in [-0.15, -0.1) is 7.92 Å². The summed E-state index contributed by atoms with van der Waals surface area (Å²) in [6.07, 6.45) is 20.6. The molecule has 2 saturated carbocycles. The third-order valence-electron chi connectivity index (χ3n) is 8.21. The molecule has 3 rings (SSSR count). The fourth-order valence-electron chi connectivity index (χ4n) is 5.28. The maximum atomic E-state index is 9.31. The molecule has 0 saturated heterocycles. The summed E-state index contributed by atoms with van der Waals surface area (Å²) >= 11 is 0. The fourth-order valence-corrected chi connectivity index (χ4v) is 9.18. The molecule has 0 aromatic heterocycles. The molecule has 0 bridgehead atoms. The first-order chi connectivity index (χ1) is 25.3. The van der Waals surface area contributed by atoms with Crippen LogP contribution in [-0.4, -0.2) is 90.7 Å². The molecule has 1 aromatic rings. The van der Waals surface area contributed by atoms with Crippen molar-refractivity contribution in [1.82, 2.24) is 9.80 Å². The van der Waals surface area contributed by atoms with Crippen molar-refractivity contribution in [3.05, 3.63) is 55.0 Å². The Balaban J connectivity index is -0.000000103. The van der Waals surface area contributed by atoms with Crippen molar-refractivity contribution in [2.75, 3.05) is 47.4 Å². The van der Waals surface area contributed by atoms with Gasteiger partial charge < -0.3 is 26.9 Å². The van der Waals surface area contributed by atoms with Crippen LogP contribution < -0.4 is 0 Å². The van der Waals surface area contributed by atoms with Gasteiger partial charge in [0.25, 0.3) is 5.97 Å². The van der Waals surface area contributed by atoms with Gasteiger partial charge in [0.05, 0.1) is 0 Å². The number of nitrogens with zero attached hydrogens (tertiary/aromatic N) is 2. The molecule has 1 radical (unpaired) electrons. The maximum absolute atomic E-state index is 9.31. The first-order valence-corrected chi connectivity index (χ1v) is 23.0. The molecule has 54 heavy (non-hydrogen) atoms. The summed E-state index contributed by atoms with van der Waals surface area (Å²) in [6, 6.07) is 8.82. The van der Waals surface area contributed by atoms with Crippen LogP contribution in [0.3, 0.4) is 0 Å². The van der Waals surface area contributed by atoms with Crippen LogP contribution in [0.1, 0.15) is 177 Å². The zero-order valence-electron chi connectivity index (χ0n) is 38.7. The molecule has 0 aliphatic heterocycles. The van der Waals surface area contributed by atoms with E-state index < -0.39 is 11.9 Å². The largest absolute Gasteiger partial charge is 3.00 e. The zero-order chi connectivity index (χ0) is 42.6. The van der Waals surface area contributed by atoms with Gasteiger partial charge in [0.15, 0.2) is 0 Å². The van der Waals surface area contributed by atoms with Gasteiger partial charge in [-0.25, -0.2) is 4.79 Å². The van der Waals surface area contributed by atoms with Crippen molar-refractivity contribution in [2.45, 2.75) is 184 Å². The first kappa shape index (κ1) is 67.5. The van der Waals surface area contributed by atoms with E-state index in [4.69, 9.17) is 10.2 Å². The Morgan fingerprint density at radius 2 is 1.09 bits per heavy atom. The van der Waals surface area contributed by atoms with Crippen molar-refractivity contribution < 1.29 is 36.3 Å². The van der Waals surface area contributed by atoms with Gasteiger partial charge in [-0.1, -0.05) is 164 Å². The molecular weight excluding hydrogens is 734 g/mol. The summed E-state index contributed by atoms with van der Waals surface area (Å²) in [5, 5.41) is 15.3. The molecule has 0 heterocycles. The molecule has 325 valence electrons. The molecule has 2 aliphatic carbocycles. The first-order valence-electron chi connectivity index (χ1n) is 21.3. The van der Waals surface area contributed by atoms with Crippen molar-refractivity contribution in [3.8, 4) is 0 Å². The van der Waals surface area contributed by atoms with E-state index in [9.17, 15) is 9.59 Å². The summed E-state index contributed by atoms with van der Waals surface area (Å²) in [5.41, 5.74) is 5.15. The summed E-state index contributed by atoms with van der Waals surface area (Å²) in [6.45, 7) is 33.4. The summed E-state index contributed by atoms with van der Waals surface area (Å²) in [5.74, 6) is -1.13. The van der Waals surface area contributed by atoms with E-state index in [0.717, 1.165) is 19.2 Å². The van der Waals surface area contributed by atoms with Crippen LogP contribution in [0.2, 0.25) is 0 Å². The Morgan fingerprint density at radius 1 is 0.778 bits per heavy atom. The second-order valence-electron chi connectivity index (χ2n) is 12.8. The Bertz CT molecular complexity index is 831. The Kier molecular flexibility index (Phi) is 67.3. The number of hydrogen-bond acceptors (Lipinski definition) is 4. The average Bonchev–Trinajstić information content (AvgIpc) is 3.20. The van der Waals surface area contributed by atoms with Gasteiger partial charge >= 0.3 is 22.5 Å². The Morgan fingerprint density at radius 3 is 1.31 bits per heavy atom. The number of aliphatic carboxylic acids is 2. The Labute approximate surface area is 350 Å². The smallest absolute Gasteiger partial charge is 0.483 e. The third kappa shape index (κ3) is 48.8. The number of carboxylic acids is 2. The predicted molar refractivity (Wildman–Crippen MR) is 244 cm³/mol. The quantitative estimate of drug-likeness (QED) is 0.100. The molecule has 1 atom stereocenters.